The highest BCUT2D eigenvalue weighted by atomic mass is 79.9. The maximum absolute atomic E-state index is 12.3. The van der Waals surface area contributed by atoms with Gasteiger partial charge in [-0.3, -0.25) is 10.1 Å². The van der Waals surface area contributed by atoms with Gasteiger partial charge in [-0.1, -0.05) is 57.5 Å². The molecule has 0 saturated heterocycles. The van der Waals surface area contributed by atoms with Crippen LogP contribution in [0.4, 0.5) is 0 Å². The molecule has 4 aromatic rings. The van der Waals surface area contributed by atoms with Crippen molar-refractivity contribution in [3.05, 3.63) is 82.6 Å². The van der Waals surface area contributed by atoms with Crippen LogP contribution in [0, 0.1) is 0 Å². The molecule has 0 fully saturated rings. The highest BCUT2D eigenvalue weighted by Crippen LogP contribution is 2.39. The van der Waals surface area contributed by atoms with E-state index in [1.807, 2.05) is 62.4 Å². The standard InChI is InChI=1S/C24H24BrN3O2S/c1-24(2,31(26)29)15-16(13-18-14-17(25)11-12-27-18)19-7-3-4-8-20(19)23-21-9-5-6-10-22(21)30-28-23/h3-12,14,16H,13,15,26H2,1-2H3/t16-,31?/m0/s1. The molecule has 0 amide bonds. The van der Waals surface area contributed by atoms with Crippen molar-refractivity contribution in [2.75, 3.05) is 0 Å². The molecular formula is C24H24BrN3O2S. The highest BCUT2D eigenvalue weighted by molar-refractivity contribution is 9.10. The fourth-order valence-corrected chi connectivity index (χ4v) is 4.68. The molecule has 4 rings (SSSR count). The van der Waals surface area contributed by atoms with E-state index in [1.165, 1.54) is 0 Å². The van der Waals surface area contributed by atoms with Crippen LogP contribution < -0.4 is 5.14 Å². The molecule has 31 heavy (non-hydrogen) atoms. The number of pyridine rings is 1. The van der Waals surface area contributed by atoms with Gasteiger partial charge >= 0.3 is 0 Å². The van der Waals surface area contributed by atoms with Crippen molar-refractivity contribution in [2.45, 2.75) is 37.4 Å². The van der Waals surface area contributed by atoms with E-state index in [2.05, 4.69) is 38.2 Å². The molecule has 2 atom stereocenters. The minimum absolute atomic E-state index is 0.0379. The van der Waals surface area contributed by atoms with Gasteiger partial charge in [0.05, 0.1) is 15.7 Å². The second-order valence-electron chi connectivity index (χ2n) is 8.24. The van der Waals surface area contributed by atoms with E-state index in [4.69, 9.17) is 9.66 Å². The summed E-state index contributed by atoms with van der Waals surface area (Å²) >= 11 is 3.54. The Labute approximate surface area is 192 Å². The number of hydrogen-bond donors (Lipinski definition) is 1. The summed E-state index contributed by atoms with van der Waals surface area (Å²) in [6.45, 7) is 3.89. The fourth-order valence-electron chi connectivity index (χ4n) is 3.93. The molecule has 160 valence electrons. The lowest BCUT2D eigenvalue weighted by Crippen LogP contribution is -2.34. The van der Waals surface area contributed by atoms with Crippen LogP contribution in [0.3, 0.4) is 0 Å². The Hall–Kier alpha value is -2.35. The number of hydrogen-bond acceptors (Lipinski definition) is 4. The fraction of sp³-hybridized carbons (Fsp3) is 0.250. The van der Waals surface area contributed by atoms with Crippen molar-refractivity contribution >= 4 is 37.9 Å². The van der Waals surface area contributed by atoms with E-state index in [0.717, 1.165) is 38.0 Å². The van der Waals surface area contributed by atoms with Gasteiger partial charge in [-0.05, 0) is 62.4 Å². The van der Waals surface area contributed by atoms with E-state index >= 15 is 0 Å². The molecule has 0 spiro atoms. The number of fused-ring (bicyclic) bond motifs is 1. The van der Waals surface area contributed by atoms with Gasteiger partial charge in [0, 0.05) is 27.3 Å². The molecular weight excluding hydrogens is 474 g/mol. The van der Waals surface area contributed by atoms with Crippen molar-refractivity contribution < 1.29 is 8.73 Å². The van der Waals surface area contributed by atoms with Crippen molar-refractivity contribution in [1.29, 1.82) is 0 Å². The van der Waals surface area contributed by atoms with Crippen LogP contribution >= 0.6 is 15.9 Å². The lowest BCUT2D eigenvalue weighted by atomic mass is 9.83. The summed E-state index contributed by atoms with van der Waals surface area (Å²) in [6.07, 6.45) is 3.11. The molecule has 0 aliphatic rings. The van der Waals surface area contributed by atoms with Crippen LogP contribution in [0.25, 0.3) is 22.2 Å². The van der Waals surface area contributed by atoms with Crippen LogP contribution in [0.15, 0.2) is 75.9 Å². The molecule has 2 aromatic carbocycles. The lowest BCUT2D eigenvalue weighted by Gasteiger charge is -2.28. The van der Waals surface area contributed by atoms with Gasteiger partial charge in [0.25, 0.3) is 0 Å². The van der Waals surface area contributed by atoms with E-state index < -0.39 is 15.7 Å². The third-order valence-electron chi connectivity index (χ3n) is 5.55. The Morgan fingerprint density at radius 3 is 2.65 bits per heavy atom. The number of aromatic nitrogens is 2. The summed E-state index contributed by atoms with van der Waals surface area (Å²) < 4.78 is 18.3. The van der Waals surface area contributed by atoms with E-state index in [9.17, 15) is 4.21 Å². The summed E-state index contributed by atoms with van der Waals surface area (Å²) in [5, 5.41) is 11.2. The van der Waals surface area contributed by atoms with E-state index in [-0.39, 0.29) is 5.92 Å². The van der Waals surface area contributed by atoms with E-state index in [0.29, 0.717) is 12.8 Å². The van der Waals surface area contributed by atoms with E-state index in [1.54, 1.807) is 6.20 Å². The third-order valence-corrected chi connectivity index (χ3v) is 7.30. The summed E-state index contributed by atoms with van der Waals surface area (Å²) in [7, 11) is -1.46. The zero-order valence-corrected chi connectivity index (χ0v) is 19.8. The smallest absolute Gasteiger partial charge is 0.167 e. The Bertz CT molecular complexity index is 1240. The largest absolute Gasteiger partial charge is 0.356 e. The SMILES string of the molecule is CC(C)(C[C@H](Cc1cc(Br)ccn1)c1ccccc1-c1noc2ccccc12)S(N)=O. The van der Waals surface area contributed by atoms with Gasteiger partial charge in [-0.2, -0.15) is 0 Å². The van der Waals surface area contributed by atoms with Crippen molar-refractivity contribution in [3.63, 3.8) is 0 Å². The lowest BCUT2D eigenvalue weighted by molar-refractivity contribution is 0.459. The van der Waals surface area contributed by atoms with Crippen LogP contribution in [-0.4, -0.2) is 19.1 Å². The first kappa shape index (κ1) is 21.9. The highest BCUT2D eigenvalue weighted by Gasteiger charge is 2.31. The molecule has 1 unspecified atom stereocenters. The summed E-state index contributed by atoms with van der Waals surface area (Å²) in [6, 6.07) is 20.0. The Balaban J connectivity index is 1.82. The van der Waals surface area contributed by atoms with Gasteiger partial charge in [0.15, 0.2) is 5.58 Å². The maximum atomic E-state index is 12.3. The quantitative estimate of drug-likeness (QED) is 0.351. The molecule has 0 saturated carbocycles. The van der Waals surface area contributed by atoms with Crippen LogP contribution in [0.5, 0.6) is 0 Å². The van der Waals surface area contributed by atoms with Gasteiger partial charge < -0.3 is 4.52 Å². The maximum Gasteiger partial charge on any atom is 0.167 e. The molecule has 0 aliphatic heterocycles. The topological polar surface area (TPSA) is 82.0 Å². The van der Waals surface area contributed by atoms with Crippen LogP contribution in [0.1, 0.15) is 37.4 Å². The zero-order chi connectivity index (χ0) is 22.0. The Kier molecular flexibility index (Phi) is 6.36. The van der Waals surface area contributed by atoms with Crippen molar-refractivity contribution in [3.8, 4) is 11.3 Å². The molecule has 2 aromatic heterocycles. The first-order chi connectivity index (χ1) is 14.8. The molecule has 2 heterocycles. The number of benzene rings is 2. The number of para-hydroxylation sites is 1. The Morgan fingerprint density at radius 1 is 1.13 bits per heavy atom. The number of halogens is 1. The normalized spacial score (nSPS) is 13.9. The summed E-state index contributed by atoms with van der Waals surface area (Å²) in [5.74, 6) is 0.0379. The molecule has 2 N–H and O–H groups in total. The van der Waals surface area contributed by atoms with Crippen LogP contribution in [0.2, 0.25) is 0 Å². The molecule has 0 aliphatic carbocycles. The zero-order valence-electron chi connectivity index (χ0n) is 17.4. The average Bonchev–Trinajstić information content (AvgIpc) is 3.17. The first-order valence-corrected chi connectivity index (χ1v) is 12.1. The number of rotatable bonds is 7. The molecule has 7 heteroatoms. The van der Waals surface area contributed by atoms with Gasteiger partial charge in [0.2, 0.25) is 0 Å². The van der Waals surface area contributed by atoms with Crippen LogP contribution in [-0.2, 0) is 17.4 Å². The molecule has 0 bridgehead atoms. The second kappa shape index (κ2) is 9.02. The minimum Gasteiger partial charge on any atom is -0.356 e. The monoisotopic (exact) mass is 497 g/mol. The van der Waals surface area contributed by atoms with Gasteiger partial charge in [-0.15, -0.1) is 0 Å². The predicted octanol–water partition coefficient (Wildman–Crippen LogP) is 5.77. The third kappa shape index (κ3) is 4.79. The summed E-state index contributed by atoms with van der Waals surface area (Å²) in [5.41, 5.74) is 4.64. The predicted molar refractivity (Wildman–Crippen MR) is 129 cm³/mol. The molecule has 5 nitrogen and oxygen atoms in total. The number of nitrogens with zero attached hydrogens (tertiary/aromatic N) is 2. The summed E-state index contributed by atoms with van der Waals surface area (Å²) in [4.78, 5) is 4.55. The minimum atomic E-state index is -1.46. The van der Waals surface area contributed by atoms with Crippen molar-refractivity contribution in [1.82, 2.24) is 10.1 Å². The molecule has 0 radical (unpaired) electrons. The second-order valence-corrected chi connectivity index (χ2v) is 10.9. The Morgan fingerprint density at radius 2 is 1.87 bits per heavy atom. The van der Waals surface area contributed by atoms with Gasteiger partial charge in [-0.25, -0.2) is 4.21 Å². The van der Waals surface area contributed by atoms with Crippen molar-refractivity contribution in [2.24, 2.45) is 5.14 Å². The van der Waals surface area contributed by atoms with Gasteiger partial charge in [0.1, 0.15) is 5.69 Å². The number of nitrogens with two attached hydrogens (primary N) is 1. The average molecular weight is 498 g/mol. The first-order valence-electron chi connectivity index (χ1n) is 10.1.